The second kappa shape index (κ2) is 3.39. The Bertz CT molecular complexity index is 613. The minimum Gasteiger partial charge on any atom is -0.459 e. The zero-order chi connectivity index (χ0) is 12.3. The van der Waals surface area contributed by atoms with E-state index in [1.54, 1.807) is 6.20 Å². The van der Waals surface area contributed by atoms with Gasteiger partial charge in [-0.2, -0.15) is 4.98 Å². The lowest BCUT2D eigenvalue weighted by Crippen LogP contribution is -2.27. The third kappa shape index (κ3) is 1.12. The van der Waals surface area contributed by atoms with E-state index in [1.165, 1.54) is 6.33 Å². The maximum Gasteiger partial charge on any atom is 0.299 e. The first kappa shape index (κ1) is 10.2. The van der Waals surface area contributed by atoms with E-state index < -0.39 is 6.10 Å². The summed E-state index contributed by atoms with van der Waals surface area (Å²) in [4.78, 5) is 12.4. The number of aliphatic hydroxyl groups is 2. The molecule has 4 rings (SSSR count). The van der Waals surface area contributed by atoms with Crippen molar-refractivity contribution in [3.63, 3.8) is 0 Å². The Morgan fingerprint density at radius 3 is 3.22 bits per heavy atom. The smallest absolute Gasteiger partial charge is 0.299 e. The average molecular weight is 248 g/mol. The Balaban J connectivity index is 1.88. The number of hydrogen-bond acceptors (Lipinski definition) is 6. The van der Waals surface area contributed by atoms with Crippen LogP contribution in [0.3, 0.4) is 0 Å². The molecule has 0 aromatic carbocycles. The predicted octanol–water partition coefficient (Wildman–Crippen LogP) is -0.499. The fourth-order valence-corrected chi connectivity index (χ4v) is 3.05. The van der Waals surface area contributed by atoms with Gasteiger partial charge in [-0.1, -0.05) is 0 Å². The molecule has 7 nitrogen and oxygen atoms in total. The first-order chi connectivity index (χ1) is 8.79. The van der Waals surface area contributed by atoms with Crippen molar-refractivity contribution in [1.82, 2.24) is 19.5 Å². The molecule has 2 aliphatic rings. The van der Waals surface area contributed by atoms with E-state index in [1.807, 2.05) is 4.57 Å². The summed E-state index contributed by atoms with van der Waals surface area (Å²) in [5.41, 5.74) is 1.33. The van der Waals surface area contributed by atoms with Gasteiger partial charge in [0, 0.05) is 12.5 Å². The third-order valence-electron chi connectivity index (χ3n) is 3.84. The highest BCUT2D eigenvalue weighted by Crippen LogP contribution is 2.45. The second-order valence-corrected chi connectivity index (χ2v) is 4.81. The molecule has 1 aliphatic heterocycles. The van der Waals surface area contributed by atoms with Gasteiger partial charge >= 0.3 is 0 Å². The zero-order valence-corrected chi connectivity index (χ0v) is 9.47. The molecule has 0 unspecified atom stereocenters. The molecule has 2 aromatic heterocycles. The van der Waals surface area contributed by atoms with Crippen molar-refractivity contribution in [2.45, 2.75) is 24.7 Å². The molecule has 2 aromatic rings. The fourth-order valence-electron chi connectivity index (χ4n) is 3.05. The summed E-state index contributed by atoms with van der Waals surface area (Å²) < 4.78 is 7.58. The fraction of sp³-hybridized carbons (Fsp3) is 0.545. The van der Waals surface area contributed by atoms with Crippen LogP contribution in [0.15, 0.2) is 12.5 Å². The van der Waals surface area contributed by atoms with Crippen LogP contribution in [0, 0.1) is 5.92 Å². The van der Waals surface area contributed by atoms with Gasteiger partial charge in [-0.25, -0.2) is 9.97 Å². The zero-order valence-electron chi connectivity index (χ0n) is 9.47. The van der Waals surface area contributed by atoms with Crippen LogP contribution < -0.4 is 4.74 Å². The predicted molar refractivity (Wildman–Crippen MR) is 60.0 cm³/mol. The Labute approximate surface area is 102 Å². The lowest BCUT2D eigenvalue weighted by Gasteiger charge is -2.15. The SMILES string of the molecule is OC[C@H]1C[C@H](O)[C@@H]2[C@H]1Oc1nc3cncnc3n12. The van der Waals surface area contributed by atoms with Crippen molar-refractivity contribution in [3.8, 4) is 6.01 Å². The molecule has 2 N–H and O–H groups in total. The number of aromatic nitrogens is 4. The highest BCUT2D eigenvalue weighted by Gasteiger charge is 2.51. The first-order valence-electron chi connectivity index (χ1n) is 5.93. The van der Waals surface area contributed by atoms with Crippen molar-refractivity contribution in [2.24, 2.45) is 5.92 Å². The van der Waals surface area contributed by atoms with Gasteiger partial charge in [-0.05, 0) is 6.42 Å². The van der Waals surface area contributed by atoms with E-state index in [0.717, 1.165) is 0 Å². The van der Waals surface area contributed by atoms with Gasteiger partial charge in [0.1, 0.15) is 24.0 Å². The molecule has 0 radical (unpaired) electrons. The molecule has 7 heteroatoms. The van der Waals surface area contributed by atoms with Crippen LogP contribution in [0.5, 0.6) is 6.01 Å². The lowest BCUT2D eigenvalue weighted by molar-refractivity contribution is 0.108. The van der Waals surface area contributed by atoms with Crippen molar-refractivity contribution in [1.29, 1.82) is 0 Å². The van der Waals surface area contributed by atoms with Crippen LogP contribution in [0.4, 0.5) is 0 Å². The number of imidazole rings is 1. The molecule has 1 saturated carbocycles. The normalized spacial score (nSPS) is 33.4. The van der Waals surface area contributed by atoms with E-state index in [0.29, 0.717) is 23.6 Å². The van der Waals surface area contributed by atoms with Gasteiger partial charge in [0.25, 0.3) is 6.01 Å². The lowest BCUT2D eigenvalue weighted by atomic mass is 10.1. The largest absolute Gasteiger partial charge is 0.459 e. The molecule has 0 saturated heterocycles. The van der Waals surface area contributed by atoms with Gasteiger partial charge in [0.05, 0.1) is 12.3 Å². The van der Waals surface area contributed by atoms with Crippen LogP contribution in [-0.2, 0) is 0 Å². The summed E-state index contributed by atoms with van der Waals surface area (Å²) in [5.74, 6) is -0.0522. The number of aliphatic hydroxyl groups excluding tert-OH is 2. The number of nitrogens with zero attached hydrogens (tertiary/aromatic N) is 4. The molecule has 1 fully saturated rings. The van der Waals surface area contributed by atoms with Crippen LogP contribution in [0.2, 0.25) is 0 Å². The van der Waals surface area contributed by atoms with Crippen molar-refractivity contribution in [2.75, 3.05) is 6.61 Å². The number of rotatable bonds is 1. The average Bonchev–Trinajstić information content (AvgIpc) is 2.98. The van der Waals surface area contributed by atoms with E-state index >= 15 is 0 Å². The van der Waals surface area contributed by atoms with Crippen molar-refractivity contribution < 1.29 is 14.9 Å². The Hall–Kier alpha value is -1.73. The van der Waals surface area contributed by atoms with E-state index in [4.69, 9.17) is 4.74 Å². The Kier molecular flexibility index (Phi) is 1.93. The molecule has 1 aliphatic carbocycles. The monoisotopic (exact) mass is 248 g/mol. The quantitative estimate of drug-likeness (QED) is 0.706. The Morgan fingerprint density at radius 1 is 1.50 bits per heavy atom. The molecule has 0 amide bonds. The maximum atomic E-state index is 10.1. The van der Waals surface area contributed by atoms with Gasteiger partial charge in [0.2, 0.25) is 0 Å². The number of hydrogen-bond donors (Lipinski definition) is 2. The Morgan fingerprint density at radius 2 is 2.39 bits per heavy atom. The van der Waals surface area contributed by atoms with Gasteiger partial charge in [0.15, 0.2) is 5.65 Å². The van der Waals surface area contributed by atoms with Gasteiger partial charge in [-0.3, -0.25) is 4.57 Å². The minimum absolute atomic E-state index is 0.00990. The molecular weight excluding hydrogens is 236 g/mol. The highest BCUT2D eigenvalue weighted by molar-refractivity contribution is 5.71. The van der Waals surface area contributed by atoms with Crippen LogP contribution in [-0.4, -0.2) is 48.5 Å². The highest BCUT2D eigenvalue weighted by atomic mass is 16.5. The maximum absolute atomic E-state index is 10.1. The molecule has 18 heavy (non-hydrogen) atoms. The second-order valence-electron chi connectivity index (χ2n) is 4.81. The number of fused-ring (bicyclic) bond motifs is 5. The van der Waals surface area contributed by atoms with Crippen LogP contribution in [0.1, 0.15) is 12.5 Å². The summed E-state index contributed by atoms with van der Waals surface area (Å²) in [6, 6.07) is 0.245. The van der Waals surface area contributed by atoms with Crippen LogP contribution in [0.25, 0.3) is 11.2 Å². The third-order valence-corrected chi connectivity index (χ3v) is 3.84. The van der Waals surface area contributed by atoms with E-state index in [-0.39, 0.29) is 24.7 Å². The van der Waals surface area contributed by atoms with E-state index in [9.17, 15) is 10.2 Å². The molecule has 4 atom stereocenters. The number of ether oxygens (including phenoxy) is 1. The molecule has 94 valence electrons. The molecular formula is C11H12N4O3. The standard InChI is InChI=1S/C11H12N4O3/c16-3-5-1-7(17)8-9(5)18-11-14-6-2-12-4-13-10(6)15(8)11/h2,4-5,7-9,16-17H,1,3H2/t5-,7+,8-,9+/m1/s1. The molecule has 3 heterocycles. The topological polar surface area (TPSA) is 93.3 Å². The van der Waals surface area contributed by atoms with Gasteiger partial charge in [-0.15, -0.1) is 0 Å². The summed E-state index contributed by atoms with van der Waals surface area (Å²) in [5, 5.41) is 19.5. The summed E-state index contributed by atoms with van der Waals surface area (Å²) in [7, 11) is 0. The van der Waals surface area contributed by atoms with Crippen molar-refractivity contribution >= 4 is 11.2 Å². The minimum atomic E-state index is -0.541. The van der Waals surface area contributed by atoms with E-state index in [2.05, 4.69) is 15.0 Å². The van der Waals surface area contributed by atoms with Gasteiger partial charge < -0.3 is 14.9 Å². The summed E-state index contributed by atoms with van der Waals surface area (Å²) in [6.07, 6.45) is 2.86. The van der Waals surface area contributed by atoms with Crippen molar-refractivity contribution in [3.05, 3.63) is 12.5 Å². The molecule has 0 spiro atoms. The first-order valence-corrected chi connectivity index (χ1v) is 5.93. The summed E-state index contributed by atoms with van der Waals surface area (Å²) in [6.45, 7) is 0.00990. The van der Waals surface area contributed by atoms with Crippen LogP contribution >= 0.6 is 0 Å². The summed E-state index contributed by atoms with van der Waals surface area (Å²) >= 11 is 0. The molecule has 0 bridgehead atoms.